The first-order chi connectivity index (χ1) is 15.5. The molecule has 4 nitrogen and oxygen atoms in total. The fourth-order valence-electron chi connectivity index (χ4n) is 3.53. The highest BCUT2D eigenvalue weighted by atomic mass is 35.5. The molecule has 0 aliphatic heterocycles. The number of amides is 1. The summed E-state index contributed by atoms with van der Waals surface area (Å²) in [5, 5.41) is 5.66. The summed E-state index contributed by atoms with van der Waals surface area (Å²) in [5.74, 6) is 1.27. The van der Waals surface area contributed by atoms with Crippen molar-refractivity contribution in [3.8, 4) is 11.5 Å². The molecular weight excluding hydrogens is 422 g/mol. The lowest BCUT2D eigenvalue weighted by atomic mass is 10.1. The average Bonchev–Trinajstić information content (AvgIpc) is 2.81. The number of benzene rings is 4. The number of halogens is 1. The lowest BCUT2D eigenvalue weighted by molar-refractivity contribution is 0.102. The smallest absolute Gasteiger partial charge is 0.255 e. The molecule has 0 aliphatic rings. The van der Waals surface area contributed by atoms with E-state index in [4.69, 9.17) is 21.1 Å². The van der Waals surface area contributed by atoms with Crippen LogP contribution in [0.15, 0.2) is 78.9 Å². The highest BCUT2D eigenvalue weighted by Gasteiger charge is 2.13. The van der Waals surface area contributed by atoms with E-state index < -0.39 is 0 Å². The van der Waals surface area contributed by atoms with Crippen LogP contribution in [-0.2, 0) is 6.61 Å². The minimum Gasteiger partial charge on any atom is -0.493 e. The van der Waals surface area contributed by atoms with E-state index in [-0.39, 0.29) is 12.5 Å². The van der Waals surface area contributed by atoms with Crippen molar-refractivity contribution in [1.29, 1.82) is 0 Å². The lowest BCUT2D eigenvalue weighted by Crippen LogP contribution is -2.14. The van der Waals surface area contributed by atoms with Gasteiger partial charge in [-0.15, -0.1) is 0 Å². The van der Waals surface area contributed by atoms with E-state index in [1.807, 2.05) is 62.4 Å². The average molecular weight is 446 g/mol. The number of anilines is 1. The summed E-state index contributed by atoms with van der Waals surface area (Å²) in [7, 11) is 0. The second-order valence-electron chi connectivity index (χ2n) is 7.43. The van der Waals surface area contributed by atoms with Gasteiger partial charge in [-0.25, -0.2) is 0 Å². The molecule has 162 valence electrons. The third-order valence-electron chi connectivity index (χ3n) is 5.20. The van der Waals surface area contributed by atoms with Crippen LogP contribution < -0.4 is 14.8 Å². The van der Waals surface area contributed by atoms with Crippen molar-refractivity contribution in [3.63, 3.8) is 0 Å². The second kappa shape index (κ2) is 9.75. The van der Waals surface area contributed by atoms with Gasteiger partial charge in [0.2, 0.25) is 0 Å². The van der Waals surface area contributed by atoms with Gasteiger partial charge in [0.25, 0.3) is 5.91 Å². The van der Waals surface area contributed by atoms with E-state index in [1.54, 1.807) is 18.2 Å². The maximum atomic E-state index is 12.9. The Morgan fingerprint density at radius 2 is 1.72 bits per heavy atom. The molecular formula is C27H24ClNO3. The molecule has 0 unspecified atom stereocenters. The summed E-state index contributed by atoms with van der Waals surface area (Å²) in [5.41, 5.74) is 2.94. The van der Waals surface area contributed by atoms with Crippen molar-refractivity contribution in [3.05, 3.63) is 101 Å². The molecule has 5 heteroatoms. The number of rotatable bonds is 7. The number of hydrogen-bond donors (Lipinski definition) is 1. The van der Waals surface area contributed by atoms with Gasteiger partial charge in [0, 0.05) is 27.2 Å². The number of ether oxygens (including phenoxy) is 2. The molecule has 4 aromatic rings. The molecule has 4 rings (SSSR count). The Bertz CT molecular complexity index is 1260. The summed E-state index contributed by atoms with van der Waals surface area (Å²) in [6, 6.07) is 24.8. The fraction of sp³-hybridized carbons (Fsp3) is 0.148. The van der Waals surface area contributed by atoms with Gasteiger partial charge < -0.3 is 14.8 Å². The van der Waals surface area contributed by atoms with Gasteiger partial charge in [0.1, 0.15) is 18.1 Å². The largest absolute Gasteiger partial charge is 0.493 e. The molecule has 1 amide bonds. The lowest BCUT2D eigenvalue weighted by Gasteiger charge is -2.15. The number of nitrogens with one attached hydrogen (secondary N) is 1. The second-order valence-corrected chi connectivity index (χ2v) is 7.87. The fourth-order valence-corrected chi connectivity index (χ4v) is 3.70. The Labute approximate surface area is 192 Å². The number of carbonyl (C=O) groups is 1. The molecule has 32 heavy (non-hydrogen) atoms. The first kappa shape index (κ1) is 21.7. The quantitative estimate of drug-likeness (QED) is 0.332. The molecule has 0 aliphatic carbocycles. The topological polar surface area (TPSA) is 47.6 Å². The Hall–Kier alpha value is -3.50. The van der Waals surface area contributed by atoms with Crippen molar-refractivity contribution in [1.82, 2.24) is 0 Å². The Kier molecular flexibility index (Phi) is 6.62. The number of hydrogen-bond acceptors (Lipinski definition) is 3. The van der Waals surface area contributed by atoms with Gasteiger partial charge >= 0.3 is 0 Å². The number of carbonyl (C=O) groups excluding carboxylic acids is 1. The van der Waals surface area contributed by atoms with E-state index in [2.05, 4.69) is 17.4 Å². The molecule has 4 aromatic carbocycles. The van der Waals surface area contributed by atoms with Gasteiger partial charge in [-0.1, -0.05) is 54.1 Å². The van der Waals surface area contributed by atoms with E-state index in [1.165, 1.54) is 0 Å². The molecule has 0 saturated heterocycles. The Balaban J connectivity index is 1.59. The normalized spacial score (nSPS) is 10.7. The standard InChI is InChI=1S/C27H24ClNO3/c1-3-31-25-14-12-20(27(30)29-24-16-22(28)13-11-18(24)2)15-21(25)17-32-26-10-6-8-19-7-4-5-9-23(19)26/h4-16H,3,17H2,1-2H3,(H,29,30). The van der Waals surface area contributed by atoms with Crippen LogP contribution in [0.2, 0.25) is 5.02 Å². The van der Waals surface area contributed by atoms with E-state index >= 15 is 0 Å². The minimum absolute atomic E-state index is 0.218. The zero-order valence-corrected chi connectivity index (χ0v) is 18.8. The number of fused-ring (bicyclic) bond motifs is 1. The van der Waals surface area contributed by atoms with Crippen LogP contribution in [0.3, 0.4) is 0 Å². The maximum Gasteiger partial charge on any atom is 0.255 e. The molecule has 1 N–H and O–H groups in total. The van der Waals surface area contributed by atoms with Gasteiger partial charge in [0.05, 0.1) is 6.61 Å². The molecule has 0 heterocycles. The monoisotopic (exact) mass is 445 g/mol. The van der Waals surface area contributed by atoms with Crippen LogP contribution in [0.5, 0.6) is 11.5 Å². The van der Waals surface area contributed by atoms with Crippen LogP contribution in [-0.4, -0.2) is 12.5 Å². The van der Waals surface area contributed by atoms with Crippen LogP contribution in [0.1, 0.15) is 28.4 Å². The van der Waals surface area contributed by atoms with Gasteiger partial charge in [-0.05, 0) is 61.2 Å². The molecule has 0 saturated carbocycles. The van der Waals surface area contributed by atoms with Gasteiger partial charge in [-0.2, -0.15) is 0 Å². The molecule has 0 atom stereocenters. The molecule has 0 fully saturated rings. The Morgan fingerprint density at radius 1 is 0.906 bits per heavy atom. The zero-order valence-electron chi connectivity index (χ0n) is 18.0. The van der Waals surface area contributed by atoms with Crippen molar-refractivity contribution >= 4 is 34.0 Å². The zero-order chi connectivity index (χ0) is 22.5. The van der Waals surface area contributed by atoms with Crippen LogP contribution >= 0.6 is 11.6 Å². The summed E-state index contributed by atoms with van der Waals surface area (Å²) in [4.78, 5) is 12.9. The molecule has 0 bridgehead atoms. The van der Waals surface area contributed by atoms with E-state index in [0.29, 0.717) is 28.6 Å². The van der Waals surface area contributed by atoms with Gasteiger partial charge in [0.15, 0.2) is 0 Å². The maximum absolute atomic E-state index is 12.9. The van der Waals surface area contributed by atoms with Crippen molar-refractivity contribution in [2.24, 2.45) is 0 Å². The highest BCUT2D eigenvalue weighted by Crippen LogP contribution is 2.28. The minimum atomic E-state index is -0.218. The summed E-state index contributed by atoms with van der Waals surface area (Å²) >= 11 is 6.08. The molecule has 0 radical (unpaired) electrons. The first-order valence-electron chi connectivity index (χ1n) is 10.5. The van der Waals surface area contributed by atoms with Crippen LogP contribution in [0.4, 0.5) is 5.69 Å². The first-order valence-corrected chi connectivity index (χ1v) is 10.9. The SMILES string of the molecule is CCOc1ccc(C(=O)Nc2cc(Cl)ccc2C)cc1COc1cccc2ccccc12. The number of aryl methyl sites for hydroxylation is 1. The van der Waals surface area contributed by atoms with Crippen LogP contribution in [0, 0.1) is 6.92 Å². The summed E-state index contributed by atoms with van der Waals surface area (Å²) < 4.78 is 11.9. The van der Waals surface area contributed by atoms with Gasteiger partial charge in [-0.3, -0.25) is 4.79 Å². The predicted molar refractivity (Wildman–Crippen MR) is 130 cm³/mol. The molecule has 0 aromatic heterocycles. The summed E-state index contributed by atoms with van der Waals surface area (Å²) in [6.45, 7) is 4.65. The van der Waals surface area contributed by atoms with Crippen molar-refractivity contribution in [2.75, 3.05) is 11.9 Å². The van der Waals surface area contributed by atoms with E-state index in [0.717, 1.165) is 27.6 Å². The molecule has 0 spiro atoms. The third-order valence-corrected chi connectivity index (χ3v) is 5.44. The van der Waals surface area contributed by atoms with E-state index in [9.17, 15) is 4.79 Å². The van der Waals surface area contributed by atoms with Crippen molar-refractivity contribution in [2.45, 2.75) is 20.5 Å². The summed E-state index contributed by atoms with van der Waals surface area (Å²) in [6.07, 6.45) is 0. The third kappa shape index (κ3) is 4.87. The van der Waals surface area contributed by atoms with Crippen LogP contribution in [0.25, 0.3) is 10.8 Å². The highest BCUT2D eigenvalue weighted by molar-refractivity contribution is 6.31. The Morgan fingerprint density at radius 3 is 2.56 bits per heavy atom. The van der Waals surface area contributed by atoms with Crippen molar-refractivity contribution < 1.29 is 14.3 Å². The predicted octanol–water partition coefficient (Wildman–Crippen LogP) is 7.03.